The molecule has 0 unspecified atom stereocenters. The molecule has 0 N–H and O–H groups in total. The predicted octanol–water partition coefficient (Wildman–Crippen LogP) is 5.01. The Hall–Kier alpha value is -1.64. The van der Waals surface area contributed by atoms with Gasteiger partial charge in [-0.2, -0.15) is 0 Å². The van der Waals surface area contributed by atoms with Crippen molar-refractivity contribution >= 4 is 11.0 Å². The van der Waals surface area contributed by atoms with Crippen molar-refractivity contribution in [3.63, 3.8) is 0 Å². The normalized spacial score (nSPS) is 13.0. The van der Waals surface area contributed by atoms with Crippen LogP contribution in [0.5, 0.6) is 5.88 Å². The molecule has 0 fully saturated rings. The second-order valence-corrected chi connectivity index (χ2v) is 8.25. The van der Waals surface area contributed by atoms with Gasteiger partial charge in [-0.15, -0.1) is 0 Å². The van der Waals surface area contributed by atoms with Crippen LogP contribution >= 0.6 is 0 Å². The van der Waals surface area contributed by atoms with Gasteiger partial charge in [0.05, 0.1) is 17.1 Å². The van der Waals surface area contributed by atoms with Crippen molar-refractivity contribution in [2.75, 3.05) is 0 Å². The Labute approximate surface area is 134 Å². The average molecular weight is 300 g/mol. The first-order valence-corrected chi connectivity index (χ1v) is 7.98. The molecule has 0 amide bonds. The zero-order valence-electron chi connectivity index (χ0n) is 15.1. The van der Waals surface area contributed by atoms with Gasteiger partial charge in [0.25, 0.3) is 0 Å². The standard InChI is InChI=1S/C19H28N2O/c1-12(2)22-17-16(19(6,7)8)20-14-10-9-13(18(3,4)5)11-15(14)21-17/h9-12H,1-8H3. The van der Waals surface area contributed by atoms with Crippen molar-refractivity contribution in [3.05, 3.63) is 29.5 Å². The fraction of sp³-hybridized carbons (Fsp3) is 0.579. The maximum atomic E-state index is 5.93. The van der Waals surface area contributed by atoms with Crippen LogP contribution < -0.4 is 4.74 Å². The lowest BCUT2D eigenvalue weighted by molar-refractivity contribution is 0.225. The van der Waals surface area contributed by atoms with Gasteiger partial charge in [0.1, 0.15) is 5.69 Å². The Morgan fingerprint density at radius 3 is 2.00 bits per heavy atom. The molecule has 0 bridgehead atoms. The van der Waals surface area contributed by atoms with Crippen LogP contribution in [0.15, 0.2) is 18.2 Å². The third-order valence-corrected chi connectivity index (χ3v) is 3.56. The van der Waals surface area contributed by atoms with E-state index in [-0.39, 0.29) is 16.9 Å². The van der Waals surface area contributed by atoms with Gasteiger partial charge in [0.2, 0.25) is 5.88 Å². The van der Waals surface area contributed by atoms with Gasteiger partial charge >= 0.3 is 0 Å². The number of rotatable bonds is 2. The molecular weight excluding hydrogens is 272 g/mol. The van der Waals surface area contributed by atoms with E-state index in [0.29, 0.717) is 5.88 Å². The van der Waals surface area contributed by atoms with Gasteiger partial charge in [0, 0.05) is 5.41 Å². The van der Waals surface area contributed by atoms with Crippen LogP contribution in [0.1, 0.15) is 66.6 Å². The molecule has 0 aliphatic heterocycles. The summed E-state index contributed by atoms with van der Waals surface area (Å²) >= 11 is 0. The molecule has 0 radical (unpaired) electrons. The van der Waals surface area contributed by atoms with E-state index in [0.717, 1.165) is 16.7 Å². The molecule has 1 aromatic carbocycles. The fourth-order valence-corrected chi connectivity index (χ4v) is 2.30. The van der Waals surface area contributed by atoms with Gasteiger partial charge in [-0.1, -0.05) is 47.6 Å². The molecule has 0 aliphatic rings. The third kappa shape index (κ3) is 3.57. The number of nitrogens with zero attached hydrogens (tertiary/aromatic N) is 2. The van der Waals surface area contributed by atoms with Gasteiger partial charge in [0.15, 0.2) is 0 Å². The van der Waals surface area contributed by atoms with Crippen molar-refractivity contribution < 1.29 is 4.74 Å². The Morgan fingerprint density at radius 2 is 1.50 bits per heavy atom. The van der Waals surface area contributed by atoms with Gasteiger partial charge in [-0.3, -0.25) is 0 Å². The Morgan fingerprint density at radius 1 is 0.864 bits per heavy atom. The highest BCUT2D eigenvalue weighted by Gasteiger charge is 2.24. The van der Waals surface area contributed by atoms with Gasteiger partial charge in [-0.05, 0) is 37.0 Å². The highest BCUT2D eigenvalue weighted by molar-refractivity contribution is 5.76. The molecule has 1 heterocycles. The molecule has 22 heavy (non-hydrogen) atoms. The number of aromatic nitrogens is 2. The molecule has 2 aromatic rings. The van der Waals surface area contributed by atoms with E-state index in [1.165, 1.54) is 5.56 Å². The van der Waals surface area contributed by atoms with E-state index in [2.05, 4.69) is 59.7 Å². The minimum absolute atomic E-state index is 0.0821. The maximum Gasteiger partial charge on any atom is 0.237 e. The summed E-state index contributed by atoms with van der Waals surface area (Å²) in [6.45, 7) is 17.1. The minimum Gasteiger partial charge on any atom is -0.474 e. The summed E-state index contributed by atoms with van der Waals surface area (Å²) in [5, 5.41) is 0. The second-order valence-electron chi connectivity index (χ2n) is 8.25. The largest absolute Gasteiger partial charge is 0.474 e. The zero-order chi connectivity index (χ0) is 16.7. The first kappa shape index (κ1) is 16.7. The van der Waals surface area contributed by atoms with E-state index in [1.54, 1.807) is 0 Å². The quantitative estimate of drug-likeness (QED) is 0.781. The highest BCUT2D eigenvalue weighted by atomic mass is 16.5. The predicted molar refractivity (Wildman–Crippen MR) is 92.7 cm³/mol. The topological polar surface area (TPSA) is 35.0 Å². The first-order chi connectivity index (χ1) is 9.98. The summed E-state index contributed by atoms with van der Waals surface area (Å²) < 4.78 is 5.93. The molecular formula is C19H28N2O. The van der Waals surface area contributed by atoms with Crippen LogP contribution in [0.25, 0.3) is 11.0 Å². The summed E-state index contributed by atoms with van der Waals surface area (Å²) in [5.74, 6) is 0.654. The van der Waals surface area contributed by atoms with Crippen molar-refractivity contribution in [2.24, 2.45) is 0 Å². The van der Waals surface area contributed by atoms with E-state index in [9.17, 15) is 0 Å². The van der Waals surface area contributed by atoms with Crippen molar-refractivity contribution in [1.29, 1.82) is 0 Å². The molecule has 3 nitrogen and oxygen atoms in total. The summed E-state index contributed by atoms with van der Waals surface area (Å²) in [4.78, 5) is 9.61. The first-order valence-electron chi connectivity index (χ1n) is 7.98. The number of hydrogen-bond donors (Lipinski definition) is 0. The number of ether oxygens (including phenoxy) is 1. The van der Waals surface area contributed by atoms with Crippen molar-refractivity contribution in [2.45, 2.75) is 72.3 Å². The average Bonchev–Trinajstić information content (AvgIpc) is 2.34. The number of hydrogen-bond acceptors (Lipinski definition) is 3. The Balaban J connectivity index is 2.67. The Kier molecular flexibility index (Phi) is 4.20. The Bertz CT molecular complexity index is 676. The second kappa shape index (κ2) is 5.53. The monoisotopic (exact) mass is 300 g/mol. The van der Waals surface area contributed by atoms with E-state index in [4.69, 9.17) is 14.7 Å². The molecule has 0 aliphatic carbocycles. The molecule has 120 valence electrons. The molecule has 0 saturated heterocycles. The molecule has 0 atom stereocenters. The van der Waals surface area contributed by atoms with Crippen LogP contribution in [-0.4, -0.2) is 16.1 Å². The molecule has 1 aromatic heterocycles. The van der Waals surface area contributed by atoms with Crippen LogP contribution in [0, 0.1) is 0 Å². The highest BCUT2D eigenvalue weighted by Crippen LogP contribution is 2.32. The smallest absolute Gasteiger partial charge is 0.237 e. The molecule has 2 rings (SSSR count). The van der Waals surface area contributed by atoms with E-state index >= 15 is 0 Å². The molecule has 3 heteroatoms. The fourth-order valence-electron chi connectivity index (χ4n) is 2.30. The van der Waals surface area contributed by atoms with Crippen LogP contribution in [-0.2, 0) is 10.8 Å². The van der Waals surface area contributed by atoms with Gasteiger partial charge in [-0.25, -0.2) is 9.97 Å². The maximum absolute atomic E-state index is 5.93. The number of benzene rings is 1. The third-order valence-electron chi connectivity index (χ3n) is 3.56. The van der Waals surface area contributed by atoms with Crippen LogP contribution in [0.3, 0.4) is 0 Å². The van der Waals surface area contributed by atoms with Gasteiger partial charge < -0.3 is 4.74 Å². The van der Waals surface area contributed by atoms with Crippen LogP contribution in [0.2, 0.25) is 0 Å². The summed E-state index contributed by atoms with van der Waals surface area (Å²) in [6, 6.07) is 6.34. The SMILES string of the molecule is CC(C)Oc1nc2cc(C(C)(C)C)ccc2nc1C(C)(C)C. The van der Waals surface area contributed by atoms with Crippen molar-refractivity contribution in [1.82, 2.24) is 9.97 Å². The number of fused-ring (bicyclic) bond motifs is 1. The van der Waals surface area contributed by atoms with Crippen LogP contribution in [0.4, 0.5) is 0 Å². The summed E-state index contributed by atoms with van der Waals surface area (Å²) in [5.41, 5.74) is 3.99. The molecule has 0 saturated carbocycles. The van der Waals surface area contributed by atoms with E-state index < -0.39 is 0 Å². The zero-order valence-corrected chi connectivity index (χ0v) is 15.1. The lowest BCUT2D eigenvalue weighted by Gasteiger charge is -2.23. The summed E-state index contributed by atoms with van der Waals surface area (Å²) in [7, 11) is 0. The minimum atomic E-state index is -0.103. The lowest BCUT2D eigenvalue weighted by Crippen LogP contribution is -2.19. The van der Waals surface area contributed by atoms with E-state index in [1.807, 2.05) is 13.8 Å². The lowest BCUT2D eigenvalue weighted by atomic mass is 9.86. The molecule has 0 spiro atoms. The summed E-state index contributed by atoms with van der Waals surface area (Å²) in [6.07, 6.45) is 0.0821. The van der Waals surface area contributed by atoms with Crippen molar-refractivity contribution in [3.8, 4) is 5.88 Å².